The third-order valence-electron chi connectivity index (χ3n) is 5.25. The zero-order chi connectivity index (χ0) is 17.7. The van der Waals surface area contributed by atoms with Crippen molar-refractivity contribution in [2.45, 2.75) is 25.3 Å². The van der Waals surface area contributed by atoms with E-state index in [-0.39, 0.29) is 11.8 Å². The van der Waals surface area contributed by atoms with Crippen molar-refractivity contribution >= 4 is 16.9 Å². The summed E-state index contributed by atoms with van der Waals surface area (Å²) in [5.74, 6) is 1.84. The van der Waals surface area contributed by atoms with E-state index in [1.54, 1.807) is 11.0 Å². The lowest BCUT2D eigenvalue weighted by Gasteiger charge is -2.25. The topological polar surface area (TPSA) is 73.4 Å². The Labute approximate surface area is 150 Å². The highest BCUT2D eigenvalue weighted by Crippen LogP contribution is 2.29. The first-order valence-electron chi connectivity index (χ1n) is 8.96. The molecule has 1 amide bonds. The van der Waals surface area contributed by atoms with Crippen LogP contribution in [-0.2, 0) is 24.8 Å². The smallest absolute Gasteiger partial charge is 0.272 e. The van der Waals surface area contributed by atoms with Gasteiger partial charge in [0.05, 0.1) is 19.1 Å². The number of pyridine rings is 1. The number of ether oxygens (including phenoxy) is 1. The maximum atomic E-state index is 12.9. The van der Waals surface area contributed by atoms with E-state index in [4.69, 9.17) is 9.15 Å². The van der Waals surface area contributed by atoms with E-state index >= 15 is 0 Å². The monoisotopic (exact) mass is 352 g/mol. The normalized spacial score (nSPS) is 19.9. The van der Waals surface area contributed by atoms with Gasteiger partial charge in [0.2, 0.25) is 0 Å². The molecule has 0 bridgehead atoms. The fraction of sp³-hybridized carbons (Fsp3) is 0.421. The second kappa shape index (κ2) is 5.95. The standard InChI is InChI=1S/C19H20N4O3/c1-22-7-4-12-2-3-14(20-17(12)22)19(24)23-8-5-16-15(10-23)21-18(26-16)13-6-9-25-11-13/h2-4,7,13H,5-6,8-11H2,1H3. The molecule has 3 aromatic heterocycles. The van der Waals surface area contributed by atoms with Crippen LogP contribution in [0, 0.1) is 0 Å². The molecule has 1 saturated heterocycles. The molecule has 1 fully saturated rings. The van der Waals surface area contributed by atoms with E-state index in [1.165, 1.54) is 0 Å². The number of carbonyl (C=O) groups excluding carboxylic acids is 1. The average molecular weight is 352 g/mol. The predicted molar refractivity (Wildman–Crippen MR) is 93.8 cm³/mol. The molecule has 0 radical (unpaired) electrons. The van der Waals surface area contributed by atoms with Gasteiger partial charge in [-0.25, -0.2) is 9.97 Å². The van der Waals surface area contributed by atoms with E-state index in [0.717, 1.165) is 41.4 Å². The van der Waals surface area contributed by atoms with Gasteiger partial charge in [0, 0.05) is 38.2 Å². The SMILES string of the molecule is Cn1ccc2ccc(C(=O)N3CCc4oc(C5CCOC5)nc4C3)nc21. The van der Waals surface area contributed by atoms with E-state index in [2.05, 4.69) is 9.97 Å². The Balaban J connectivity index is 1.39. The van der Waals surface area contributed by atoms with Crippen molar-refractivity contribution in [2.75, 3.05) is 19.8 Å². The molecule has 2 aliphatic rings. The summed E-state index contributed by atoms with van der Waals surface area (Å²) in [6, 6.07) is 5.73. The summed E-state index contributed by atoms with van der Waals surface area (Å²) >= 11 is 0. The molecular formula is C19H20N4O3. The quantitative estimate of drug-likeness (QED) is 0.707. The van der Waals surface area contributed by atoms with Gasteiger partial charge in [-0.1, -0.05) is 0 Å². The molecule has 1 atom stereocenters. The van der Waals surface area contributed by atoms with Gasteiger partial charge < -0.3 is 18.6 Å². The number of hydrogen-bond acceptors (Lipinski definition) is 5. The molecule has 7 heteroatoms. The number of carbonyl (C=O) groups is 1. The molecule has 0 saturated carbocycles. The number of oxazole rings is 1. The molecule has 5 heterocycles. The lowest BCUT2D eigenvalue weighted by atomic mass is 10.1. The summed E-state index contributed by atoms with van der Waals surface area (Å²) in [4.78, 5) is 23.9. The Bertz CT molecular complexity index is 984. The molecule has 5 rings (SSSR count). The first kappa shape index (κ1) is 15.6. The predicted octanol–water partition coefficient (Wildman–Crippen LogP) is 2.26. The van der Waals surface area contributed by atoms with E-state index in [9.17, 15) is 4.79 Å². The largest absolute Gasteiger partial charge is 0.445 e. The average Bonchev–Trinajstić information content (AvgIpc) is 3.40. The van der Waals surface area contributed by atoms with Crippen LogP contribution in [0.2, 0.25) is 0 Å². The summed E-state index contributed by atoms with van der Waals surface area (Å²) < 4.78 is 13.3. The van der Waals surface area contributed by atoms with Crippen molar-refractivity contribution in [1.82, 2.24) is 19.4 Å². The van der Waals surface area contributed by atoms with Crippen LogP contribution in [0.1, 0.15) is 40.2 Å². The minimum Gasteiger partial charge on any atom is -0.445 e. The number of nitrogens with zero attached hydrogens (tertiary/aromatic N) is 4. The number of rotatable bonds is 2. The van der Waals surface area contributed by atoms with Crippen LogP contribution >= 0.6 is 0 Å². The third-order valence-corrected chi connectivity index (χ3v) is 5.25. The molecule has 7 nitrogen and oxygen atoms in total. The summed E-state index contributed by atoms with van der Waals surface area (Å²) in [5, 5.41) is 1.03. The maximum Gasteiger partial charge on any atom is 0.272 e. The van der Waals surface area contributed by atoms with Gasteiger partial charge >= 0.3 is 0 Å². The highest BCUT2D eigenvalue weighted by Gasteiger charge is 2.30. The molecular weight excluding hydrogens is 332 g/mol. The Kier molecular flexibility index (Phi) is 3.56. The van der Waals surface area contributed by atoms with Crippen LogP contribution < -0.4 is 0 Å². The highest BCUT2D eigenvalue weighted by molar-refractivity contribution is 5.94. The van der Waals surface area contributed by atoms with Crippen molar-refractivity contribution in [3.05, 3.63) is 47.4 Å². The zero-order valence-electron chi connectivity index (χ0n) is 14.6. The third kappa shape index (κ3) is 2.50. The molecule has 3 aromatic rings. The minimum absolute atomic E-state index is 0.0625. The zero-order valence-corrected chi connectivity index (χ0v) is 14.6. The van der Waals surface area contributed by atoms with Gasteiger partial charge in [-0.05, 0) is 24.6 Å². The van der Waals surface area contributed by atoms with E-state index < -0.39 is 0 Å². The Morgan fingerprint density at radius 3 is 3.04 bits per heavy atom. The van der Waals surface area contributed by atoms with Crippen molar-refractivity contribution in [2.24, 2.45) is 7.05 Å². The summed E-state index contributed by atoms with van der Waals surface area (Å²) in [5.41, 5.74) is 2.15. The molecule has 0 aliphatic carbocycles. The number of aryl methyl sites for hydroxylation is 1. The van der Waals surface area contributed by atoms with Crippen LogP contribution in [0.3, 0.4) is 0 Å². The van der Waals surface area contributed by atoms with E-state index in [0.29, 0.717) is 31.8 Å². The van der Waals surface area contributed by atoms with Crippen LogP contribution in [0.4, 0.5) is 0 Å². The maximum absolute atomic E-state index is 12.9. The van der Waals surface area contributed by atoms with Gasteiger partial charge in [-0.15, -0.1) is 0 Å². The summed E-state index contributed by atoms with van der Waals surface area (Å²) in [6.07, 6.45) is 3.58. The minimum atomic E-state index is -0.0625. The van der Waals surface area contributed by atoms with Gasteiger partial charge in [-0.2, -0.15) is 0 Å². The molecule has 0 spiro atoms. The molecule has 2 aliphatic heterocycles. The molecule has 0 aromatic carbocycles. The van der Waals surface area contributed by atoms with E-state index in [1.807, 2.05) is 29.9 Å². The van der Waals surface area contributed by atoms with Gasteiger partial charge in [0.15, 0.2) is 5.89 Å². The Morgan fingerprint density at radius 1 is 1.27 bits per heavy atom. The summed E-state index contributed by atoms with van der Waals surface area (Å²) in [6.45, 7) is 2.52. The van der Waals surface area contributed by atoms with Gasteiger partial charge in [0.25, 0.3) is 5.91 Å². The molecule has 1 unspecified atom stereocenters. The number of hydrogen-bond donors (Lipinski definition) is 0. The van der Waals surface area contributed by atoms with Crippen LogP contribution in [-0.4, -0.2) is 45.1 Å². The number of aromatic nitrogens is 3. The first-order valence-corrected chi connectivity index (χ1v) is 8.96. The Morgan fingerprint density at radius 2 is 2.19 bits per heavy atom. The lowest BCUT2D eigenvalue weighted by Crippen LogP contribution is -2.36. The molecule has 0 N–H and O–H groups in total. The second-order valence-electron chi connectivity index (χ2n) is 7.00. The van der Waals surface area contributed by atoms with Crippen molar-refractivity contribution in [1.29, 1.82) is 0 Å². The van der Waals surface area contributed by atoms with Crippen LogP contribution in [0.15, 0.2) is 28.8 Å². The van der Waals surface area contributed by atoms with Crippen molar-refractivity contribution < 1.29 is 13.9 Å². The van der Waals surface area contributed by atoms with Crippen molar-refractivity contribution in [3.8, 4) is 0 Å². The van der Waals surface area contributed by atoms with Crippen LogP contribution in [0.5, 0.6) is 0 Å². The Hall–Kier alpha value is -2.67. The molecule has 26 heavy (non-hydrogen) atoms. The van der Waals surface area contributed by atoms with Gasteiger partial charge in [-0.3, -0.25) is 4.79 Å². The fourth-order valence-corrected chi connectivity index (χ4v) is 3.71. The number of amides is 1. The fourth-order valence-electron chi connectivity index (χ4n) is 3.71. The number of fused-ring (bicyclic) bond motifs is 2. The first-order chi connectivity index (χ1) is 12.7. The highest BCUT2D eigenvalue weighted by atomic mass is 16.5. The van der Waals surface area contributed by atoms with Gasteiger partial charge in [0.1, 0.15) is 22.8 Å². The summed E-state index contributed by atoms with van der Waals surface area (Å²) in [7, 11) is 1.93. The van der Waals surface area contributed by atoms with Crippen molar-refractivity contribution in [3.63, 3.8) is 0 Å². The van der Waals surface area contributed by atoms with Crippen LogP contribution in [0.25, 0.3) is 11.0 Å². The second-order valence-corrected chi connectivity index (χ2v) is 7.00. The molecule has 134 valence electrons. The lowest BCUT2D eigenvalue weighted by molar-refractivity contribution is 0.0722.